The summed E-state index contributed by atoms with van der Waals surface area (Å²) in [7, 11) is 0. The minimum Gasteiger partial charge on any atom is -0.384 e. The van der Waals surface area contributed by atoms with Crippen molar-refractivity contribution in [2.45, 2.75) is 12.6 Å². The van der Waals surface area contributed by atoms with Gasteiger partial charge in [-0.3, -0.25) is 0 Å². The average molecular weight is 377 g/mol. The second-order valence-electron chi connectivity index (χ2n) is 3.55. The maximum atomic E-state index is 13.1. The van der Waals surface area contributed by atoms with E-state index in [2.05, 4.69) is 10.1 Å². The molecule has 0 spiro atoms. The van der Waals surface area contributed by atoms with Crippen LogP contribution in [0.5, 0.6) is 0 Å². The van der Waals surface area contributed by atoms with Gasteiger partial charge in [0.05, 0.1) is 9.26 Å². The highest BCUT2D eigenvalue weighted by atomic mass is 127. The molecule has 0 radical (unpaired) electrons. The average Bonchev–Trinajstić information content (AvgIpc) is 2.27. The van der Waals surface area contributed by atoms with E-state index >= 15 is 0 Å². The first-order valence-electron chi connectivity index (χ1n) is 5.22. The van der Waals surface area contributed by atoms with Gasteiger partial charge in [0.1, 0.15) is 12.4 Å². The molecular formula is C11H12F4INO. The zero-order chi connectivity index (χ0) is 13.6. The number of halogens is 5. The van der Waals surface area contributed by atoms with Gasteiger partial charge in [-0.25, -0.2) is 4.39 Å². The molecule has 1 aromatic rings. The monoisotopic (exact) mass is 377 g/mol. The standard InChI is InChI=1S/C11H12F4INO/c12-8-3-1-4-9(10(8)16)17-5-2-6-18-7-11(13,14)15/h1,3-4,17H,2,5-7H2. The Balaban J connectivity index is 2.20. The van der Waals surface area contributed by atoms with E-state index in [4.69, 9.17) is 0 Å². The molecule has 0 saturated carbocycles. The number of hydrogen-bond donors (Lipinski definition) is 1. The second-order valence-corrected chi connectivity index (χ2v) is 4.63. The van der Waals surface area contributed by atoms with Crippen LogP contribution in [0.2, 0.25) is 0 Å². The minimum absolute atomic E-state index is 0.0123. The van der Waals surface area contributed by atoms with Crippen molar-refractivity contribution in [3.8, 4) is 0 Å². The molecule has 2 nitrogen and oxygen atoms in total. The number of anilines is 1. The van der Waals surface area contributed by atoms with Crippen molar-refractivity contribution in [3.63, 3.8) is 0 Å². The molecule has 0 aromatic heterocycles. The number of benzene rings is 1. The lowest BCUT2D eigenvalue weighted by molar-refractivity contribution is -0.173. The van der Waals surface area contributed by atoms with Crippen molar-refractivity contribution in [3.05, 3.63) is 27.6 Å². The van der Waals surface area contributed by atoms with Gasteiger partial charge in [0, 0.05) is 13.2 Å². The Morgan fingerprint density at radius 2 is 2.00 bits per heavy atom. The molecule has 0 aliphatic rings. The van der Waals surface area contributed by atoms with Gasteiger partial charge < -0.3 is 10.1 Å². The van der Waals surface area contributed by atoms with Gasteiger partial charge in [-0.2, -0.15) is 13.2 Å². The lowest BCUT2D eigenvalue weighted by atomic mass is 10.3. The van der Waals surface area contributed by atoms with E-state index in [-0.39, 0.29) is 12.4 Å². The van der Waals surface area contributed by atoms with Crippen molar-refractivity contribution in [1.82, 2.24) is 0 Å². The zero-order valence-corrected chi connectivity index (χ0v) is 11.5. The normalized spacial score (nSPS) is 11.6. The van der Waals surface area contributed by atoms with Crippen LogP contribution in [0.3, 0.4) is 0 Å². The molecule has 0 aliphatic heterocycles. The highest BCUT2D eigenvalue weighted by Crippen LogP contribution is 2.20. The van der Waals surface area contributed by atoms with Crippen LogP contribution in [0.25, 0.3) is 0 Å². The summed E-state index contributed by atoms with van der Waals surface area (Å²) in [4.78, 5) is 0. The maximum absolute atomic E-state index is 13.1. The molecule has 1 aromatic carbocycles. The molecule has 7 heteroatoms. The SMILES string of the molecule is Fc1cccc(NCCCOCC(F)(F)F)c1I. The van der Waals surface area contributed by atoms with E-state index in [1.807, 2.05) is 22.6 Å². The Kier molecular flexibility index (Phi) is 6.13. The molecule has 1 N–H and O–H groups in total. The molecule has 0 aliphatic carbocycles. The Hall–Kier alpha value is -0.570. The van der Waals surface area contributed by atoms with Gasteiger partial charge in [-0.05, 0) is 41.1 Å². The van der Waals surface area contributed by atoms with E-state index in [0.717, 1.165) is 0 Å². The van der Waals surface area contributed by atoms with Gasteiger partial charge in [-0.15, -0.1) is 0 Å². The topological polar surface area (TPSA) is 21.3 Å². The Bertz CT molecular complexity index is 384. The Morgan fingerprint density at radius 1 is 1.28 bits per heavy atom. The summed E-state index contributed by atoms with van der Waals surface area (Å²) in [6.07, 6.45) is -3.87. The second kappa shape index (κ2) is 7.13. The van der Waals surface area contributed by atoms with Crippen molar-refractivity contribution in [2.75, 3.05) is 25.1 Å². The van der Waals surface area contributed by atoms with E-state index < -0.39 is 12.8 Å². The summed E-state index contributed by atoms with van der Waals surface area (Å²) >= 11 is 1.87. The molecule has 0 heterocycles. The number of nitrogens with one attached hydrogen (secondary N) is 1. The first kappa shape index (κ1) is 15.5. The molecule has 1 rings (SSSR count). The third kappa shape index (κ3) is 5.85. The van der Waals surface area contributed by atoms with Crippen LogP contribution in [0.1, 0.15) is 6.42 Å². The first-order chi connectivity index (χ1) is 8.40. The van der Waals surface area contributed by atoms with Crippen molar-refractivity contribution in [2.24, 2.45) is 0 Å². The fraction of sp³-hybridized carbons (Fsp3) is 0.455. The van der Waals surface area contributed by atoms with Crippen LogP contribution in [0.15, 0.2) is 18.2 Å². The number of alkyl halides is 3. The minimum atomic E-state index is -4.29. The van der Waals surface area contributed by atoms with Gasteiger partial charge in [-0.1, -0.05) is 6.07 Å². The third-order valence-corrected chi connectivity index (χ3v) is 3.09. The molecule has 0 bridgehead atoms. The third-order valence-electron chi connectivity index (χ3n) is 2.00. The van der Waals surface area contributed by atoms with Crippen LogP contribution >= 0.6 is 22.6 Å². The fourth-order valence-corrected chi connectivity index (χ4v) is 1.78. The maximum Gasteiger partial charge on any atom is 0.411 e. The van der Waals surface area contributed by atoms with E-state index in [0.29, 0.717) is 22.2 Å². The Morgan fingerprint density at radius 3 is 2.67 bits per heavy atom. The summed E-state index contributed by atoms with van der Waals surface area (Å²) < 4.78 is 53.3. The lowest BCUT2D eigenvalue weighted by Gasteiger charge is -2.10. The quantitative estimate of drug-likeness (QED) is 0.463. The van der Waals surface area contributed by atoms with E-state index in [1.54, 1.807) is 12.1 Å². The van der Waals surface area contributed by atoms with Gasteiger partial charge in [0.25, 0.3) is 0 Å². The van der Waals surface area contributed by atoms with Gasteiger partial charge in [0.15, 0.2) is 0 Å². The van der Waals surface area contributed by atoms with E-state index in [9.17, 15) is 17.6 Å². The predicted octanol–water partition coefficient (Wildman–Crippen LogP) is 3.81. The molecule has 0 fully saturated rings. The summed E-state index contributed by atoms with van der Waals surface area (Å²) in [6, 6.07) is 4.63. The van der Waals surface area contributed by atoms with Crippen LogP contribution in [-0.4, -0.2) is 25.9 Å². The molecule has 0 atom stereocenters. The predicted molar refractivity (Wildman–Crippen MR) is 69.1 cm³/mol. The molecule has 18 heavy (non-hydrogen) atoms. The van der Waals surface area contributed by atoms with Crippen LogP contribution in [0.4, 0.5) is 23.2 Å². The van der Waals surface area contributed by atoms with Crippen LogP contribution in [0, 0.1) is 9.39 Å². The van der Waals surface area contributed by atoms with Gasteiger partial charge >= 0.3 is 6.18 Å². The fourth-order valence-electron chi connectivity index (χ4n) is 1.23. The summed E-state index contributed by atoms with van der Waals surface area (Å²) in [5.41, 5.74) is 0.631. The molecular weight excluding hydrogens is 365 g/mol. The smallest absolute Gasteiger partial charge is 0.384 e. The number of hydrogen-bond acceptors (Lipinski definition) is 2. The van der Waals surface area contributed by atoms with Crippen molar-refractivity contribution in [1.29, 1.82) is 0 Å². The lowest BCUT2D eigenvalue weighted by Crippen LogP contribution is -2.18. The largest absolute Gasteiger partial charge is 0.411 e. The molecule has 102 valence electrons. The van der Waals surface area contributed by atoms with Crippen molar-refractivity contribution < 1.29 is 22.3 Å². The van der Waals surface area contributed by atoms with Crippen LogP contribution in [-0.2, 0) is 4.74 Å². The number of rotatable bonds is 6. The Labute approximate surface area is 116 Å². The summed E-state index contributed by atoms with van der Waals surface area (Å²) in [5.74, 6) is -0.325. The highest BCUT2D eigenvalue weighted by Gasteiger charge is 2.27. The number of ether oxygens (including phenoxy) is 1. The molecule has 0 unspecified atom stereocenters. The molecule has 0 saturated heterocycles. The van der Waals surface area contributed by atoms with E-state index in [1.165, 1.54) is 6.07 Å². The van der Waals surface area contributed by atoms with Crippen molar-refractivity contribution >= 4 is 28.3 Å². The van der Waals surface area contributed by atoms with Crippen LogP contribution < -0.4 is 5.32 Å². The summed E-state index contributed by atoms with van der Waals surface area (Å²) in [6.45, 7) is -0.791. The highest BCUT2D eigenvalue weighted by molar-refractivity contribution is 14.1. The molecule has 0 amide bonds. The first-order valence-corrected chi connectivity index (χ1v) is 6.30. The van der Waals surface area contributed by atoms with Gasteiger partial charge in [0.2, 0.25) is 0 Å². The summed E-state index contributed by atoms with van der Waals surface area (Å²) in [5, 5.41) is 2.94. The zero-order valence-electron chi connectivity index (χ0n) is 9.36.